The second kappa shape index (κ2) is 8.99. The van der Waals surface area contributed by atoms with E-state index in [2.05, 4.69) is 58.8 Å². The number of hydrogen-bond acceptors (Lipinski definition) is 6. The van der Waals surface area contributed by atoms with Crippen LogP contribution in [0.25, 0.3) is 0 Å². The van der Waals surface area contributed by atoms with Gasteiger partial charge >= 0.3 is 0 Å². The van der Waals surface area contributed by atoms with Crippen molar-refractivity contribution in [2.75, 3.05) is 0 Å². The van der Waals surface area contributed by atoms with E-state index >= 15 is 0 Å². The Labute approximate surface area is 154 Å². The first-order valence-electron chi connectivity index (χ1n) is 7.75. The predicted octanol–water partition coefficient (Wildman–Crippen LogP) is 6.52. The van der Waals surface area contributed by atoms with E-state index in [1.807, 2.05) is 18.8 Å². The molecule has 0 saturated heterocycles. The Morgan fingerprint density at radius 1 is 0.708 bits per heavy atom. The molecule has 0 aromatic carbocycles. The van der Waals surface area contributed by atoms with Crippen LogP contribution >= 0.6 is 33.6 Å². The number of hydrogen-bond donors (Lipinski definition) is 0. The maximum Gasteiger partial charge on any atom is 0.238 e. The Morgan fingerprint density at radius 3 is 1.33 bits per heavy atom. The van der Waals surface area contributed by atoms with Crippen LogP contribution in [0.3, 0.4) is 0 Å². The average molecular weight is 397 g/mol. The third-order valence-corrected chi connectivity index (χ3v) is 21.4. The second-order valence-corrected chi connectivity index (χ2v) is 20.3. The molecule has 0 aliphatic rings. The lowest BCUT2D eigenvalue weighted by molar-refractivity contribution is 0.565. The summed E-state index contributed by atoms with van der Waals surface area (Å²) in [5.41, 5.74) is 2.17. The molecule has 0 spiro atoms. The van der Waals surface area contributed by atoms with Gasteiger partial charge in [-0.05, 0) is 40.9 Å². The minimum absolute atomic E-state index is 1.01. The van der Waals surface area contributed by atoms with Crippen molar-refractivity contribution >= 4 is 39.2 Å². The maximum absolute atomic E-state index is 5.21. The molecule has 0 saturated carbocycles. The van der Waals surface area contributed by atoms with E-state index in [0.29, 0.717) is 0 Å². The van der Waals surface area contributed by atoms with Crippen LogP contribution in [0, 0.1) is 0 Å². The molecule has 7 heteroatoms. The first-order valence-corrected chi connectivity index (χ1v) is 15.1. The highest BCUT2D eigenvalue weighted by Crippen LogP contribution is 2.48. The van der Waals surface area contributed by atoms with Crippen LogP contribution in [0.5, 0.6) is 0 Å². The van der Waals surface area contributed by atoms with Gasteiger partial charge in [0.05, 0.1) is 37.6 Å². The van der Waals surface area contributed by atoms with Crippen molar-refractivity contribution in [1.29, 1.82) is 0 Å². The zero-order valence-corrected chi connectivity index (χ0v) is 16.9. The number of furan rings is 3. The fraction of sp³-hybridized carbons (Fsp3) is 0.294. The van der Waals surface area contributed by atoms with E-state index in [1.54, 1.807) is 18.8 Å². The summed E-state index contributed by atoms with van der Waals surface area (Å²) in [6.45, 7) is 2.32. The van der Waals surface area contributed by atoms with Crippen molar-refractivity contribution in [2.24, 2.45) is 0 Å². The molecule has 0 N–H and O–H groups in total. The monoisotopic (exact) mass is 396 g/mol. The van der Waals surface area contributed by atoms with Crippen molar-refractivity contribution in [3.8, 4) is 0 Å². The first-order chi connectivity index (χ1) is 11.8. The lowest BCUT2D eigenvalue weighted by atomic mass is 10.4. The van der Waals surface area contributed by atoms with Gasteiger partial charge in [0.25, 0.3) is 0 Å². The average Bonchev–Trinajstić information content (AvgIpc) is 3.37. The van der Waals surface area contributed by atoms with E-state index in [0.717, 1.165) is 17.3 Å². The SMILES string of the molecule is CC[Si](SCc1ccoc1)(SCc1ccoc1)SCc1ccoc1. The molecule has 3 aromatic rings. The summed E-state index contributed by atoms with van der Waals surface area (Å²) in [5.74, 6) is 3.02. The van der Waals surface area contributed by atoms with Gasteiger partial charge < -0.3 is 13.3 Å². The molecule has 0 aliphatic heterocycles. The Kier molecular flexibility index (Phi) is 6.71. The van der Waals surface area contributed by atoms with E-state index in [9.17, 15) is 0 Å². The summed E-state index contributed by atoms with van der Waals surface area (Å²) in [6, 6.07) is 7.39. The molecular weight excluding hydrogens is 376 g/mol. The van der Waals surface area contributed by atoms with Gasteiger partial charge in [0.15, 0.2) is 0 Å². The predicted molar refractivity (Wildman–Crippen MR) is 106 cm³/mol. The molecule has 3 rings (SSSR count). The smallest absolute Gasteiger partial charge is 0.238 e. The van der Waals surface area contributed by atoms with Crippen LogP contribution in [-0.4, -0.2) is 5.52 Å². The maximum atomic E-state index is 5.21. The summed E-state index contributed by atoms with van der Waals surface area (Å²) in [4.78, 5) is 0. The highest BCUT2D eigenvalue weighted by molar-refractivity contribution is 8.80. The molecule has 0 atom stereocenters. The molecule has 0 fully saturated rings. The number of rotatable bonds is 10. The van der Waals surface area contributed by atoms with Crippen molar-refractivity contribution in [3.05, 3.63) is 72.5 Å². The molecular formula is C17H20O3S3Si. The minimum Gasteiger partial charge on any atom is -0.472 e. The van der Waals surface area contributed by atoms with E-state index in [1.165, 1.54) is 22.7 Å². The Bertz CT molecular complexity index is 587. The topological polar surface area (TPSA) is 39.4 Å². The standard InChI is InChI=1S/C17H20O3S3Si/c1-2-24(21-12-15-3-6-18-9-15,22-13-16-4-7-19-10-16)23-14-17-5-8-20-11-17/h3-11H,2,12-14H2,1H3. The van der Waals surface area contributed by atoms with Gasteiger partial charge in [-0.1, -0.05) is 6.92 Å². The van der Waals surface area contributed by atoms with Gasteiger partial charge in [0, 0.05) is 17.3 Å². The van der Waals surface area contributed by atoms with Crippen LogP contribution in [-0.2, 0) is 17.3 Å². The van der Waals surface area contributed by atoms with Gasteiger partial charge in [0.1, 0.15) is 0 Å². The van der Waals surface area contributed by atoms with Crippen LogP contribution in [0.4, 0.5) is 0 Å². The molecule has 3 heterocycles. The fourth-order valence-corrected chi connectivity index (χ4v) is 16.1. The van der Waals surface area contributed by atoms with Crippen LogP contribution < -0.4 is 0 Å². The third-order valence-electron chi connectivity index (χ3n) is 3.55. The van der Waals surface area contributed by atoms with Crippen LogP contribution in [0.2, 0.25) is 6.04 Å². The Balaban J connectivity index is 1.66. The van der Waals surface area contributed by atoms with E-state index in [4.69, 9.17) is 13.3 Å². The van der Waals surface area contributed by atoms with Gasteiger partial charge in [-0.25, -0.2) is 0 Å². The van der Waals surface area contributed by atoms with Crippen molar-refractivity contribution < 1.29 is 13.3 Å². The van der Waals surface area contributed by atoms with Crippen LogP contribution in [0.15, 0.2) is 69.0 Å². The largest absolute Gasteiger partial charge is 0.472 e. The minimum atomic E-state index is -1.61. The molecule has 128 valence electrons. The molecule has 0 unspecified atom stereocenters. The Morgan fingerprint density at radius 2 is 1.08 bits per heavy atom. The normalized spacial score (nSPS) is 11.9. The lowest BCUT2D eigenvalue weighted by Crippen LogP contribution is -2.22. The lowest BCUT2D eigenvalue weighted by Gasteiger charge is -2.28. The summed E-state index contributed by atoms with van der Waals surface area (Å²) in [5, 5.41) is 0. The quantitative estimate of drug-likeness (QED) is 0.363. The second-order valence-electron chi connectivity index (χ2n) is 5.30. The van der Waals surface area contributed by atoms with Crippen molar-refractivity contribution in [3.63, 3.8) is 0 Å². The fourth-order valence-electron chi connectivity index (χ4n) is 2.14. The molecule has 3 aromatic heterocycles. The molecule has 0 aliphatic carbocycles. The van der Waals surface area contributed by atoms with Gasteiger partial charge in [0.2, 0.25) is 5.52 Å². The summed E-state index contributed by atoms with van der Waals surface area (Å²) in [6.07, 6.45) is 10.8. The highest BCUT2D eigenvalue weighted by Gasteiger charge is 2.34. The first kappa shape index (κ1) is 17.9. The van der Waals surface area contributed by atoms with Gasteiger partial charge in [-0.15, -0.1) is 0 Å². The van der Waals surface area contributed by atoms with Crippen molar-refractivity contribution in [2.45, 2.75) is 30.2 Å². The third kappa shape index (κ3) is 5.05. The molecule has 3 nitrogen and oxygen atoms in total. The molecule has 0 amide bonds. The van der Waals surface area contributed by atoms with E-state index < -0.39 is 5.52 Å². The van der Waals surface area contributed by atoms with Gasteiger partial charge in [-0.3, -0.25) is 0 Å². The summed E-state index contributed by atoms with van der Waals surface area (Å²) >= 11 is 6.34. The molecule has 0 bridgehead atoms. The highest BCUT2D eigenvalue weighted by atomic mass is 32.8. The zero-order valence-electron chi connectivity index (χ0n) is 13.5. The van der Waals surface area contributed by atoms with E-state index in [-0.39, 0.29) is 0 Å². The molecule has 24 heavy (non-hydrogen) atoms. The van der Waals surface area contributed by atoms with Gasteiger partial charge in [-0.2, -0.15) is 33.6 Å². The Hall–Kier alpha value is -0.893. The van der Waals surface area contributed by atoms with Crippen LogP contribution in [0.1, 0.15) is 23.6 Å². The summed E-state index contributed by atoms with van der Waals surface area (Å²) < 4.78 is 15.6. The summed E-state index contributed by atoms with van der Waals surface area (Å²) in [7, 11) is 0. The van der Waals surface area contributed by atoms with Crippen molar-refractivity contribution in [1.82, 2.24) is 0 Å². The zero-order chi connectivity index (χ0) is 16.7. The molecule has 0 radical (unpaired) electrons.